The highest BCUT2D eigenvalue weighted by molar-refractivity contribution is 5.83. The van der Waals surface area contributed by atoms with Gasteiger partial charge < -0.3 is 4.74 Å². The van der Waals surface area contributed by atoms with Crippen LogP contribution in [0.3, 0.4) is 0 Å². The molecule has 84 valence electrons. The average Bonchev–Trinajstić information content (AvgIpc) is 2.31. The number of fused-ring (bicyclic) bond motifs is 1. The number of benzene rings is 1. The first kappa shape index (κ1) is 10.9. The summed E-state index contributed by atoms with van der Waals surface area (Å²) in [5, 5.41) is 1.22. The molecule has 1 aromatic carbocycles. The van der Waals surface area contributed by atoms with Crippen molar-refractivity contribution in [3.05, 3.63) is 36.0 Å². The SMILES string of the molecule is CCCc1ccnc2ccc(OCC)cc12. The maximum Gasteiger partial charge on any atom is 0.120 e. The van der Waals surface area contributed by atoms with Crippen molar-refractivity contribution in [2.24, 2.45) is 0 Å². The number of ether oxygens (including phenoxy) is 1. The quantitative estimate of drug-likeness (QED) is 0.777. The van der Waals surface area contributed by atoms with E-state index in [4.69, 9.17) is 4.74 Å². The molecule has 0 N–H and O–H groups in total. The van der Waals surface area contributed by atoms with E-state index in [1.165, 1.54) is 10.9 Å². The van der Waals surface area contributed by atoms with Crippen molar-refractivity contribution in [2.75, 3.05) is 6.61 Å². The van der Waals surface area contributed by atoms with E-state index < -0.39 is 0 Å². The average molecular weight is 215 g/mol. The molecular formula is C14H17NO. The van der Waals surface area contributed by atoms with Crippen LogP contribution in [0, 0.1) is 0 Å². The van der Waals surface area contributed by atoms with Crippen molar-refractivity contribution < 1.29 is 4.74 Å². The summed E-state index contributed by atoms with van der Waals surface area (Å²) in [7, 11) is 0. The largest absolute Gasteiger partial charge is 0.494 e. The van der Waals surface area contributed by atoms with Gasteiger partial charge in [-0.05, 0) is 43.2 Å². The fourth-order valence-corrected chi connectivity index (χ4v) is 1.93. The Hall–Kier alpha value is -1.57. The number of aryl methyl sites for hydroxylation is 1. The predicted molar refractivity (Wildman–Crippen MR) is 66.9 cm³/mol. The Kier molecular flexibility index (Phi) is 3.40. The first-order chi connectivity index (χ1) is 7.85. The number of hydrogen-bond donors (Lipinski definition) is 0. The summed E-state index contributed by atoms with van der Waals surface area (Å²) >= 11 is 0. The van der Waals surface area contributed by atoms with Crippen LogP contribution in [0.2, 0.25) is 0 Å². The molecule has 2 nitrogen and oxygen atoms in total. The highest BCUT2D eigenvalue weighted by Crippen LogP contribution is 2.23. The van der Waals surface area contributed by atoms with Gasteiger partial charge in [-0.1, -0.05) is 13.3 Å². The van der Waals surface area contributed by atoms with Crippen LogP contribution in [0.4, 0.5) is 0 Å². The summed E-state index contributed by atoms with van der Waals surface area (Å²) in [6.45, 7) is 4.90. The Bertz CT molecular complexity index is 479. The third-order valence-electron chi connectivity index (χ3n) is 2.63. The second-order valence-corrected chi connectivity index (χ2v) is 3.83. The van der Waals surface area contributed by atoms with E-state index >= 15 is 0 Å². The van der Waals surface area contributed by atoms with Crippen LogP contribution >= 0.6 is 0 Å². The van der Waals surface area contributed by atoms with E-state index in [2.05, 4.69) is 24.0 Å². The van der Waals surface area contributed by atoms with Crippen LogP contribution in [0.5, 0.6) is 5.75 Å². The van der Waals surface area contributed by atoms with Crippen molar-refractivity contribution in [1.82, 2.24) is 4.98 Å². The lowest BCUT2D eigenvalue weighted by atomic mass is 10.1. The van der Waals surface area contributed by atoms with Crippen LogP contribution in [-0.2, 0) is 6.42 Å². The van der Waals surface area contributed by atoms with Crippen LogP contribution in [0.15, 0.2) is 30.5 Å². The molecule has 0 amide bonds. The van der Waals surface area contributed by atoms with Crippen molar-refractivity contribution in [2.45, 2.75) is 26.7 Å². The molecule has 0 aliphatic rings. The van der Waals surface area contributed by atoms with Crippen LogP contribution < -0.4 is 4.74 Å². The standard InChI is InChI=1S/C14H17NO/c1-3-5-11-8-9-15-14-7-6-12(16-4-2)10-13(11)14/h6-10H,3-5H2,1-2H3. The summed E-state index contributed by atoms with van der Waals surface area (Å²) in [6.07, 6.45) is 4.13. The van der Waals surface area contributed by atoms with E-state index in [-0.39, 0.29) is 0 Å². The molecule has 1 aromatic heterocycles. The topological polar surface area (TPSA) is 22.1 Å². The maximum atomic E-state index is 5.52. The molecule has 0 bridgehead atoms. The van der Waals surface area contributed by atoms with Gasteiger partial charge in [-0.25, -0.2) is 0 Å². The predicted octanol–water partition coefficient (Wildman–Crippen LogP) is 3.59. The Labute approximate surface area is 96.3 Å². The minimum absolute atomic E-state index is 0.703. The van der Waals surface area contributed by atoms with E-state index in [9.17, 15) is 0 Å². The molecular weight excluding hydrogens is 198 g/mol. The summed E-state index contributed by atoms with van der Waals surface area (Å²) in [4.78, 5) is 4.37. The highest BCUT2D eigenvalue weighted by Gasteiger charge is 2.02. The molecule has 2 aromatic rings. The zero-order valence-electron chi connectivity index (χ0n) is 9.86. The minimum Gasteiger partial charge on any atom is -0.494 e. The molecule has 16 heavy (non-hydrogen) atoms. The van der Waals surface area contributed by atoms with E-state index in [1.54, 1.807) is 0 Å². The van der Waals surface area contributed by atoms with Gasteiger partial charge in [0.1, 0.15) is 5.75 Å². The highest BCUT2D eigenvalue weighted by atomic mass is 16.5. The summed E-state index contributed by atoms with van der Waals surface area (Å²) in [5.74, 6) is 0.931. The summed E-state index contributed by atoms with van der Waals surface area (Å²) in [6, 6.07) is 8.20. The summed E-state index contributed by atoms with van der Waals surface area (Å²) < 4.78 is 5.52. The Balaban J connectivity index is 2.50. The lowest BCUT2D eigenvalue weighted by Crippen LogP contribution is -1.93. The molecule has 0 saturated carbocycles. The van der Waals surface area contributed by atoms with E-state index in [0.29, 0.717) is 6.61 Å². The first-order valence-corrected chi connectivity index (χ1v) is 5.85. The van der Waals surface area contributed by atoms with Gasteiger partial charge in [-0.3, -0.25) is 4.98 Å². The number of hydrogen-bond acceptors (Lipinski definition) is 2. The fourth-order valence-electron chi connectivity index (χ4n) is 1.93. The second-order valence-electron chi connectivity index (χ2n) is 3.83. The van der Waals surface area contributed by atoms with Gasteiger partial charge in [0.05, 0.1) is 12.1 Å². The van der Waals surface area contributed by atoms with E-state index in [0.717, 1.165) is 24.1 Å². The van der Waals surface area contributed by atoms with Gasteiger partial charge in [0.2, 0.25) is 0 Å². The number of aromatic nitrogens is 1. The molecule has 0 saturated heterocycles. The minimum atomic E-state index is 0.703. The summed E-state index contributed by atoms with van der Waals surface area (Å²) in [5.41, 5.74) is 2.41. The van der Waals surface area contributed by atoms with Crippen molar-refractivity contribution in [1.29, 1.82) is 0 Å². The zero-order valence-corrected chi connectivity index (χ0v) is 9.86. The molecule has 0 fully saturated rings. The van der Waals surface area contributed by atoms with Gasteiger partial charge >= 0.3 is 0 Å². The van der Waals surface area contributed by atoms with Crippen molar-refractivity contribution in [3.8, 4) is 5.75 Å². The Morgan fingerprint density at radius 3 is 2.81 bits per heavy atom. The fraction of sp³-hybridized carbons (Fsp3) is 0.357. The molecule has 2 heteroatoms. The molecule has 0 aliphatic heterocycles. The van der Waals surface area contributed by atoms with Gasteiger partial charge in [0.25, 0.3) is 0 Å². The lowest BCUT2D eigenvalue weighted by Gasteiger charge is -2.07. The van der Waals surface area contributed by atoms with Crippen molar-refractivity contribution >= 4 is 10.9 Å². The van der Waals surface area contributed by atoms with Crippen LogP contribution in [0.25, 0.3) is 10.9 Å². The Morgan fingerprint density at radius 2 is 2.06 bits per heavy atom. The molecule has 2 rings (SSSR count). The normalized spacial score (nSPS) is 10.6. The van der Waals surface area contributed by atoms with Crippen LogP contribution in [0.1, 0.15) is 25.8 Å². The monoisotopic (exact) mass is 215 g/mol. The molecule has 0 atom stereocenters. The lowest BCUT2D eigenvalue weighted by molar-refractivity contribution is 0.340. The number of pyridine rings is 1. The van der Waals surface area contributed by atoms with Crippen LogP contribution in [-0.4, -0.2) is 11.6 Å². The Morgan fingerprint density at radius 1 is 1.19 bits per heavy atom. The van der Waals surface area contributed by atoms with Crippen molar-refractivity contribution in [3.63, 3.8) is 0 Å². The third kappa shape index (κ3) is 2.16. The van der Waals surface area contributed by atoms with Gasteiger partial charge in [-0.2, -0.15) is 0 Å². The first-order valence-electron chi connectivity index (χ1n) is 5.85. The number of nitrogens with zero attached hydrogens (tertiary/aromatic N) is 1. The molecule has 0 spiro atoms. The zero-order chi connectivity index (χ0) is 11.4. The smallest absolute Gasteiger partial charge is 0.120 e. The van der Waals surface area contributed by atoms with Gasteiger partial charge in [0, 0.05) is 11.6 Å². The van der Waals surface area contributed by atoms with Gasteiger partial charge in [-0.15, -0.1) is 0 Å². The van der Waals surface area contributed by atoms with E-state index in [1.807, 2.05) is 25.3 Å². The van der Waals surface area contributed by atoms with Gasteiger partial charge in [0.15, 0.2) is 0 Å². The molecule has 0 radical (unpaired) electrons. The maximum absolute atomic E-state index is 5.52. The second kappa shape index (κ2) is 4.97. The molecule has 1 heterocycles. The number of rotatable bonds is 4. The third-order valence-corrected chi connectivity index (χ3v) is 2.63. The molecule has 0 unspecified atom stereocenters. The molecule has 0 aliphatic carbocycles.